The smallest absolute Gasteiger partial charge is 0.0467 e. The molecule has 112 valence electrons. The molecule has 1 heterocycles. The van der Waals surface area contributed by atoms with Crippen LogP contribution in [0.4, 0.5) is 0 Å². The maximum absolute atomic E-state index is 5.99. The SMILES string of the molecule is CCc1ccc(C(CN)N(C)CCc2ccccn2)cc1. The number of hydrogen-bond acceptors (Lipinski definition) is 3. The zero-order chi connectivity index (χ0) is 15.1. The van der Waals surface area contributed by atoms with Gasteiger partial charge in [0.2, 0.25) is 0 Å². The molecular formula is C18H25N3. The highest BCUT2D eigenvalue weighted by molar-refractivity contribution is 5.25. The molecule has 2 rings (SSSR count). The molecule has 0 bridgehead atoms. The Labute approximate surface area is 127 Å². The fraction of sp³-hybridized carbons (Fsp3) is 0.389. The van der Waals surface area contributed by atoms with Gasteiger partial charge in [-0.25, -0.2) is 0 Å². The minimum absolute atomic E-state index is 0.264. The summed E-state index contributed by atoms with van der Waals surface area (Å²) in [5.41, 5.74) is 9.77. The maximum atomic E-state index is 5.99. The van der Waals surface area contributed by atoms with E-state index in [1.54, 1.807) is 0 Å². The van der Waals surface area contributed by atoms with E-state index in [9.17, 15) is 0 Å². The number of hydrogen-bond donors (Lipinski definition) is 1. The van der Waals surface area contributed by atoms with Crippen LogP contribution in [0.15, 0.2) is 48.7 Å². The molecule has 0 aliphatic carbocycles. The molecule has 2 N–H and O–H groups in total. The fourth-order valence-corrected chi connectivity index (χ4v) is 2.54. The largest absolute Gasteiger partial charge is 0.329 e. The first-order valence-electron chi connectivity index (χ1n) is 7.63. The molecule has 0 saturated carbocycles. The minimum atomic E-state index is 0.264. The molecule has 0 aliphatic heterocycles. The fourth-order valence-electron chi connectivity index (χ4n) is 2.54. The highest BCUT2D eigenvalue weighted by Gasteiger charge is 2.15. The van der Waals surface area contributed by atoms with E-state index in [-0.39, 0.29) is 6.04 Å². The Bertz CT molecular complexity index is 522. The summed E-state index contributed by atoms with van der Waals surface area (Å²) >= 11 is 0. The Balaban J connectivity index is 1.98. The summed E-state index contributed by atoms with van der Waals surface area (Å²) in [5, 5.41) is 0. The standard InChI is InChI=1S/C18H25N3/c1-3-15-7-9-16(10-8-15)18(14-19)21(2)13-11-17-6-4-5-12-20-17/h4-10,12,18H,3,11,13-14,19H2,1-2H3. The van der Waals surface area contributed by atoms with Gasteiger partial charge in [-0.15, -0.1) is 0 Å². The molecular weight excluding hydrogens is 258 g/mol. The van der Waals surface area contributed by atoms with Gasteiger partial charge in [0.15, 0.2) is 0 Å². The van der Waals surface area contributed by atoms with Crippen molar-refractivity contribution in [2.45, 2.75) is 25.8 Å². The van der Waals surface area contributed by atoms with Crippen LogP contribution in [-0.4, -0.2) is 30.0 Å². The molecule has 0 saturated heterocycles. The molecule has 1 aromatic carbocycles. The quantitative estimate of drug-likeness (QED) is 0.849. The number of pyridine rings is 1. The second-order valence-corrected chi connectivity index (χ2v) is 5.40. The first-order chi connectivity index (χ1) is 10.2. The Morgan fingerprint density at radius 3 is 2.48 bits per heavy atom. The molecule has 3 nitrogen and oxygen atoms in total. The van der Waals surface area contributed by atoms with Crippen LogP contribution in [-0.2, 0) is 12.8 Å². The van der Waals surface area contributed by atoms with Crippen LogP contribution in [0.25, 0.3) is 0 Å². The minimum Gasteiger partial charge on any atom is -0.329 e. The van der Waals surface area contributed by atoms with Gasteiger partial charge in [-0.2, -0.15) is 0 Å². The van der Waals surface area contributed by atoms with Crippen molar-refractivity contribution >= 4 is 0 Å². The van der Waals surface area contributed by atoms with Crippen LogP contribution >= 0.6 is 0 Å². The van der Waals surface area contributed by atoms with E-state index < -0.39 is 0 Å². The highest BCUT2D eigenvalue weighted by Crippen LogP contribution is 2.19. The third-order valence-electron chi connectivity index (χ3n) is 3.97. The van der Waals surface area contributed by atoms with Crippen molar-refractivity contribution in [2.75, 3.05) is 20.1 Å². The Kier molecular flexibility index (Phi) is 5.90. The van der Waals surface area contributed by atoms with Crippen molar-refractivity contribution < 1.29 is 0 Å². The number of nitrogens with two attached hydrogens (primary N) is 1. The lowest BCUT2D eigenvalue weighted by molar-refractivity contribution is 0.252. The zero-order valence-corrected chi connectivity index (χ0v) is 13.0. The van der Waals surface area contributed by atoms with Gasteiger partial charge < -0.3 is 5.73 Å². The molecule has 1 unspecified atom stereocenters. The predicted molar refractivity (Wildman–Crippen MR) is 88.2 cm³/mol. The Morgan fingerprint density at radius 2 is 1.90 bits per heavy atom. The lowest BCUT2D eigenvalue weighted by Crippen LogP contribution is -2.32. The normalized spacial score (nSPS) is 12.6. The monoisotopic (exact) mass is 283 g/mol. The summed E-state index contributed by atoms with van der Waals surface area (Å²) in [6, 6.07) is 15.1. The van der Waals surface area contributed by atoms with Crippen molar-refractivity contribution in [1.29, 1.82) is 0 Å². The van der Waals surface area contributed by atoms with Gasteiger partial charge in [-0.1, -0.05) is 37.3 Å². The highest BCUT2D eigenvalue weighted by atomic mass is 15.1. The second-order valence-electron chi connectivity index (χ2n) is 5.40. The first kappa shape index (κ1) is 15.7. The molecule has 0 radical (unpaired) electrons. The second kappa shape index (κ2) is 7.91. The van der Waals surface area contributed by atoms with E-state index in [2.05, 4.69) is 54.2 Å². The van der Waals surface area contributed by atoms with Gasteiger partial charge in [0.05, 0.1) is 0 Å². The van der Waals surface area contributed by atoms with E-state index in [4.69, 9.17) is 5.73 Å². The lowest BCUT2D eigenvalue weighted by Gasteiger charge is -2.27. The third kappa shape index (κ3) is 4.38. The lowest BCUT2D eigenvalue weighted by atomic mass is 10.0. The van der Waals surface area contributed by atoms with Crippen molar-refractivity contribution in [3.8, 4) is 0 Å². The van der Waals surface area contributed by atoms with Crippen LogP contribution in [0.2, 0.25) is 0 Å². The van der Waals surface area contributed by atoms with E-state index in [0.29, 0.717) is 6.54 Å². The molecule has 1 aromatic heterocycles. The summed E-state index contributed by atoms with van der Waals surface area (Å²) in [6.07, 6.45) is 3.86. The van der Waals surface area contributed by atoms with Crippen LogP contribution in [0.1, 0.15) is 29.8 Å². The maximum Gasteiger partial charge on any atom is 0.0467 e. The van der Waals surface area contributed by atoms with Crippen molar-refractivity contribution in [2.24, 2.45) is 5.73 Å². The Morgan fingerprint density at radius 1 is 1.14 bits per heavy atom. The van der Waals surface area contributed by atoms with E-state index in [0.717, 1.165) is 25.1 Å². The summed E-state index contributed by atoms with van der Waals surface area (Å²) in [4.78, 5) is 6.69. The number of aryl methyl sites for hydroxylation is 1. The third-order valence-corrected chi connectivity index (χ3v) is 3.97. The average molecular weight is 283 g/mol. The number of nitrogens with zero attached hydrogens (tertiary/aromatic N) is 2. The van der Waals surface area contributed by atoms with Crippen molar-refractivity contribution in [3.63, 3.8) is 0 Å². The van der Waals surface area contributed by atoms with Gasteiger partial charge in [-0.3, -0.25) is 9.88 Å². The first-order valence-corrected chi connectivity index (χ1v) is 7.63. The molecule has 0 fully saturated rings. The van der Waals surface area contributed by atoms with Gasteiger partial charge in [-0.05, 0) is 36.7 Å². The average Bonchev–Trinajstić information content (AvgIpc) is 2.55. The molecule has 2 aromatic rings. The summed E-state index contributed by atoms with van der Waals surface area (Å²) in [7, 11) is 2.13. The van der Waals surface area contributed by atoms with Gasteiger partial charge in [0.1, 0.15) is 0 Å². The predicted octanol–water partition coefficient (Wildman–Crippen LogP) is 2.82. The van der Waals surface area contributed by atoms with Gasteiger partial charge >= 0.3 is 0 Å². The molecule has 1 atom stereocenters. The van der Waals surface area contributed by atoms with Crippen LogP contribution < -0.4 is 5.73 Å². The Hall–Kier alpha value is -1.71. The number of benzene rings is 1. The zero-order valence-electron chi connectivity index (χ0n) is 13.0. The number of likely N-dealkylation sites (N-methyl/N-ethyl adjacent to an activating group) is 1. The van der Waals surface area contributed by atoms with E-state index in [1.807, 2.05) is 18.3 Å². The molecule has 0 amide bonds. The van der Waals surface area contributed by atoms with Gasteiger partial charge in [0, 0.05) is 37.4 Å². The van der Waals surface area contributed by atoms with Gasteiger partial charge in [0.25, 0.3) is 0 Å². The summed E-state index contributed by atoms with van der Waals surface area (Å²) in [5.74, 6) is 0. The molecule has 0 spiro atoms. The molecule has 21 heavy (non-hydrogen) atoms. The topological polar surface area (TPSA) is 42.1 Å². The van der Waals surface area contributed by atoms with Crippen molar-refractivity contribution in [3.05, 3.63) is 65.5 Å². The number of rotatable bonds is 7. The van der Waals surface area contributed by atoms with Crippen LogP contribution in [0.3, 0.4) is 0 Å². The number of aromatic nitrogens is 1. The molecule has 3 heteroatoms. The van der Waals surface area contributed by atoms with Crippen LogP contribution in [0.5, 0.6) is 0 Å². The summed E-state index contributed by atoms with van der Waals surface area (Å²) in [6.45, 7) is 3.76. The van der Waals surface area contributed by atoms with E-state index >= 15 is 0 Å². The van der Waals surface area contributed by atoms with Crippen molar-refractivity contribution in [1.82, 2.24) is 9.88 Å². The molecule has 0 aliphatic rings. The van der Waals surface area contributed by atoms with E-state index in [1.165, 1.54) is 11.1 Å². The van der Waals surface area contributed by atoms with Crippen LogP contribution in [0, 0.1) is 0 Å². The summed E-state index contributed by atoms with van der Waals surface area (Å²) < 4.78 is 0.